The molecule has 0 spiro atoms. The van der Waals surface area contributed by atoms with Crippen molar-refractivity contribution in [1.29, 1.82) is 0 Å². The zero-order valence-corrected chi connectivity index (χ0v) is 12.5. The number of rotatable bonds is 4. The Hall–Kier alpha value is -1.86. The van der Waals surface area contributed by atoms with E-state index in [0.717, 1.165) is 13.1 Å². The first kappa shape index (κ1) is 15.5. The molecule has 2 heterocycles. The number of carbonyl (C=O) groups is 2. The Kier molecular flexibility index (Phi) is 4.64. The lowest BCUT2D eigenvalue weighted by Crippen LogP contribution is -2.46. The molecule has 1 aromatic rings. The van der Waals surface area contributed by atoms with Crippen LogP contribution >= 0.6 is 0 Å². The van der Waals surface area contributed by atoms with Gasteiger partial charge in [0.05, 0.1) is 18.3 Å². The SMILES string of the molecule is Cc1[nH]c(C(=O)O)c(C)c1C(=O)NCC1CN(C)CCO1. The van der Waals surface area contributed by atoms with Gasteiger partial charge in [0.2, 0.25) is 0 Å². The van der Waals surface area contributed by atoms with E-state index in [1.54, 1.807) is 13.8 Å². The van der Waals surface area contributed by atoms with Crippen LogP contribution in [0.2, 0.25) is 0 Å². The highest BCUT2D eigenvalue weighted by molar-refractivity contribution is 6.00. The molecule has 1 atom stereocenters. The molecule has 7 heteroatoms. The van der Waals surface area contributed by atoms with Gasteiger partial charge in [-0.1, -0.05) is 0 Å². The molecular formula is C14H21N3O4. The number of nitrogens with zero attached hydrogens (tertiary/aromatic N) is 1. The van der Waals surface area contributed by atoms with Crippen molar-refractivity contribution in [3.8, 4) is 0 Å². The van der Waals surface area contributed by atoms with Gasteiger partial charge in [0.25, 0.3) is 5.91 Å². The quantitative estimate of drug-likeness (QED) is 0.747. The minimum atomic E-state index is -1.06. The van der Waals surface area contributed by atoms with Gasteiger partial charge in [-0.15, -0.1) is 0 Å². The lowest BCUT2D eigenvalue weighted by Gasteiger charge is -2.30. The van der Waals surface area contributed by atoms with Gasteiger partial charge >= 0.3 is 5.97 Å². The van der Waals surface area contributed by atoms with Crippen LogP contribution in [0.3, 0.4) is 0 Å². The van der Waals surface area contributed by atoms with Crippen LogP contribution in [-0.4, -0.2) is 66.3 Å². The van der Waals surface area contributed by atoms with Crippen LogP contribution in [0.25, 0.3) is 0 Å². The molecule has 0 radical (unpaired) electrons. The van der Waals surface area contributed by atoms with E-state index in [9.17, 15) is 9.59 Å². The second kappa shape index (κ2) is 6.28. The van der Waals surface area contributed by atoms with Gasteiger partial charge in [-0.05, 0) is 26.5 Å². The number of ether oxygens (including phenoxy) is 1. The minimum absolute atomic E-state index is 0.0359. The summed E-state index contributed by atoms with van der Waals surface area (Å²) in [6.45, 7) is 6.05. The number of aryl methyl sites for hydroxylation is 1. The number of nitrogens with one attached hydrogen (secondary N) is 2. The first-order valence-electron chi connectivity index (χ1n) is 6.91. The van der Waals surface area contributed by atoms with E-state index in [-0.39, 0.29) is 17.7 Å². The summed E-state index contributed by atoms with van der Waals surface area (Å²) in [4.78, 5) is 28.2. The number of H-pyrrole nitrogens is 1. The van der Waals surface area contributed by atoms with E-state index in [0.29, 0.717) is 30.0 Å². The molecule has 7 nitrogen and oxygen atoms in total. The zero-order chi connectivity index (χ0) is 15.6. The highest BCUT2D eigenvalue weighted by atomic mass is 16.5. The second-order valence-corrected chi connectivity index (χ2v) is 5.40. The number of hydrogen-bond donors (Lipinski definition) is 3. The Morgan fingerprint density at radius 3 is 2.76 bits per heavy atom. The van der Waals surface area contributed by atoms with Crippen LogP contribution in [0.15, 0.2) is 0 Å². The molecule has 3 N–H and O–H groups in total. The van der Waals surface area contributed by atoms with E-state index in [1.807, 2.05) is 7.05 Å². The lowest BCUT2D eigenvalue weighted by atomic mass is 10.1. The summed E-state index contributed by atoms with van der Waals surface area (Å²) in [6, 6.07) is 0. The van der Waals surface area contributed by atoms with Gasteiger partial charge in [0, 0.05) is 25.3 Å². The number of aromatic amines is 1. The molecule has 0 aliphatic carbocycles. The van der Waals surface area contributed by atoms with Crippen molar-refractivity contribution < 1.29 is 19.4 Å². The smallest absolute Gasteiger partial charge is 0.352 e. The maximum Gasteiger partial charge on any atom is 0.352 e. The third-order valence-corrected chi connectivity index (χ3v) is 3.71. The number of carboxylic acids is 1. The van der Waals surface area contributed by atoms with E-state index in [4.69, 9.17) is 9.84 Å². The largest absolute Gasteiger partial charge is 0.477 e. The summed E-state index contributed by atoms with van der Waals surface area (Å²) < 4.78 is 5.58. The maximum atomic E-state index is 12.3. The lowest BCUT2D eigenvalue weighted by molar-refractivity contribution is -0.0175. The van der Waals surface area contributed by atoms with Crippen molar-refractivity contribution in [2.24, 2.45) is 0 Å². The molecule has 1 aromatic heterocycles. The Labute approximate surface area is 123 Å². The molecule has 2 rings (SSSR count). The molecule has 0 saturated carbocycles. The molecule has 116 valence electrons. The number of carboxylic acid groups (broad SMARTS) is 1. The molecule has 1 unspecified atom stereocenters. The van der Waals surface area contributed by atoms with Crippen LogP contribution in [0.4, 0.5) is 0 Å². The predicted octanol–water partition coefficient (Wildman–Crippen LogP) is 0.390. The van der Waals surface area contributed by atoms with Gasteiger partial charge in [-0.3, -0.25) is 4.79 Å². The van der Waals surface area contributed by atoms with Crippen molar-refractivity contribution in [2.75, 3.05) is 33.3 Å². The van der Waals surface area contributed by atoms with Crippen LogP contribution in [0, 0.1) is 13.8 Å². The maximum absolute atomic E-state index is 12.3. The summed E-state index contributed by atoms with van der Waals surface area (Å²) >= 11 is 0. The van der Waals surface area contributed by atoms with Gasteiger partial charge in [-0.2, -0.15) is 0 Å². The molecule has 1 amide bonds. The van der Waals surface area contributed by atoms with Crippen LogP contribution in [0.5, 0.6) is 0 Å². The van der Waals surface area contributed by atoms with Crippen molar-refractivity contribution in [2.45, 2.75) is 20.0 Å². The van der Waals surface area contributed by atoms with Crippen molar-refractivity contribution in [3.63, 3.8) is 0 Å². The topological polar surface area (TPSA) is 94.7 Å². The summed E-state index contributed by atoms with van der Waals surface area (Å²) in [5.41, 5.74) is 1.48. The Balaban J connectivity index is 2.02. The molecule has 0 bridgehead atoms. The number of morpholine rings is 1. The summed E-state index contributed by atoms with van der Waals surface area (Å²) in [5.74, 6) is -1.34. The highest BCUT2D eigenvalue weighted by Crippen LogP contribution is 2.17. The average Bonchev–Trinajstić information content (AvgIpc) is 2.72. The predicted molar refractivity (Wildman–Crippen MR) is 76.8 cm³/mol. The minimum Gasteiger partial charge on any atom is -0.477 e. The van der Waals surface area contributed by atoms with Crippen LogP contribution in [-0.2, 0) is 4.74 Å². The van der Waals surface area contributed by atoms with Crippen molar-refractivity contribution in [3.05, 3.63) is 22.5 Å². The fourth-order valence-corrected chi connectivity index (χ4v) is 2.59. The Morgan fingerprint density at radius 1 is 1.48 bits per heavy atom. The monoisotopic (exact) mass is 295 g/mol. The van der Waals surface area contributed by atoms with Gasteiger partial charge in [0.15, 0.2) is 0 Å². The van der Waals surface area contributed by atoms with Crippen molar-refractivity contribution >= 4 is 11.9 Å². The summed E-state index contributed by atoms with van der Waals surface area (Å²) in [7, 11) is 2.01. The molecule has 1 saturated heterocycles. The first-order chi connectivity index (χ1) is 9.90. The Bertz CT molecular complexity index is 553. The van der Waals surface area contributed by atoms with Gasteiger partial charge in [0.1, 0.15) is 5.69 Å². The number of amides is 1. The second-order valence-electron chi connectivity index (χ2n) is 5.40. The number of aromatic carboxylic acids is 1. The third kappa shape index (κ3) is 3.43. The van der Waals surface area contributed by atoms with Gasteiger partial charge in [-0.25, -0.2) is 4.79 Å². The van der Waals surface area contributed by atoms with Gasteiger partial charge < -0.3 is 25.0 Å². The van der Waals surface area contributed by atoms with E-state index in [1.165, 1.54) is 0 Å². The van der Waals surface area contributed by atoms with Crippen molar-refractivity contribution in [1.82, 2.24) is 15.2 Å². The zero-order valence-electron chi connectivity index (χ0n) is 12.5. The van der Waals surface area contributed by atoms with E-state index in [2.05, 4.69) is 15.2 Å². The fourth-order valence-electron chi connectivity index (χ4n) is 2.59. The molecule has 0 aromatic carbocycles. The van der Waals surface area contributed by atoms with Crippen LogP contribution < -0.4 is 5.32 Å². The molecule has 21 heavy (non-hydrogen) atoms. The van der Waals surface area contributed by atoms with E-state index >= 15 is 0 Å². The third-order valence-electron chi connectivity index (χ3n) is 3.71. The normalized spacial score (nSPS) is 19.5. The summed E-state index contributed by atoms with van der Waals surface area (Å²) in [5, 5.41) is 11.9. The standard InChI is InChI=1S/C14H21N3O4/c1-8-11(9(2)16-12(8)14(19)20)13(18)15-6-10-7-17(3)4-5-21-10/h10,16H,4-7H2,1-3H3,(H,15,18)(H,19,20). The molecular weight excluding hydrogens is 274 g/mol. The highest BCUT2D eigenvalue weighted by Gasteiger charge is 2.23. The summed E-state index contributed by atoms with van der Waals surface area (Å²) in [6.07, 6.45) is -0.0359. The van der Waals surface area contributed by atoms with Crippen LogP contribution in [0.1, 0.15) is 32.1 Å². The molecule has 1 fully saturated rings. The molecule has 1 aliphatic rings. The molecule has 1 aliphatic heterocycles. The number of hydrogen-bond acceptors (Lipinski definition) is 4. The number of aromatic nitrogens is 1. The number of carbonyl (C=O) groups excluding carboxylic acids is 1. The number of likely N-dealkylation sites (N-methyl/N-ethyl adjacent to an activating group) is 1. The Morgan fingerprint density at radius 2 is 2.19 bits per heavy atom. The first-order valence-corrected chi connectivity index (χ1v) is 6.91. The average molecular weight is 295 g/mol. The fraction of sp³-hybridized carbons (Fsp3) is 0.571. The van der Waals surface area contributed by atoms with E-state index < -0.39 is 5.97 Å².